The molecule has 2 aromatic rings. The molecule has 1 aromatic heterocycles. The van der Waals surface area contributed by atoms with Gasteiger partial charge in [-0.05, 0) is 25.5 Å². The molecule has 2 N–H and O–H groups in total. The Morgan fingerprint density at radius 1 is 1.20 bits per heavy atom. The summed E-state index contributed by atoms with van der Waals surface area (Å²) in [5.41, 5.74) is 5.66. The number of pyridine rings is 1. The second kappa shape index (κ2) is 7.07. The quantitative estimate of drug-likeness (QED) is 0.871. The molecule has 2 heterocycles. The number of hydrogen-bond acceptors (Lipinski definition) is 5. The maximum Gasteiger partial charge on any atom is 0.243 e. The van der Waals surface area contributed by atoms with Crippen LogP contribution in [0.3, 0.4) is 0 Å². The van der Waals surface area contributed by atoms with Crippen LogP contribution in [0.5, 0.6) is 0 Å². The Morgan fingerprint density at radius 2 is 2.00 bits per heavy atom. The minimum Gasteiger partial charge on any atom is -0.340 e. The minimum atomic E-state index is -3.65. The van der Waals surface area contributed by atoms with E-state index in [1.165, 1.54) is 4.31 Å². The van der Waals surface area contributed by atoms with Crippen LogP contribution < -0.4 is 5.73 Å². The molecule has 1 aromatic carbocycles. The molecule has 7 nitrogen and oxygen atoms in total. The molecule has 1 fully saturated rings. The summed E-state index contributed by atoms with van der Waals surface area (Å²) in [5, 5.41) is 1.44. The number of fused-ring (bicyclic) bond motifs is 1. The summed E-state index contributed by atoms with van der Waals surface area (Å²) in [6.07, 6.45) is 3.83. The predicted octanol–water partition coefficient (Wildman–Crippen LogP) is 0.805. The molecule has 0 bridgehead atoms. The first-order valence-corrected chi connectivity index (χ1v) is 9.72. The van der Waals surface area contributed by atoms with Crippen LogP contribution >= 0.6 is 0 Å². The zero-order chi connectivity index (χ0) is 18.0. The number of aromatic nitrogens is 1. The van der Waals surface area contributed by atoms with Crippen LogP contribution in [0.15, 0.2) is 41.6 Å². The van der Waals surface area contributed by atoms with Crippen molar-refractivity contribution < 1.29 is 13.2 Å². The molecule has 0 aliphatic carbocycles. The number of rotatable bonds is 3. The van der Waals surface area contributed by atoms with Gasteiger partial charge in [0.1, 0.15) is 0 Å². The summed E-state index contributed by atoms with van der Waals surface area (Å²) in [6.45, 7) is 3.17. The molecule has 1 aliphatic rings. The Labute approximate surface area is 147 Å². The zero-order valence-corrected chi connectivity index (χ0v) is 14.9. The van der Waals surface area contributed by atoms with E-state index in [4.69, 9.17) is 5.73 Å². The van der Waals surface area contributed by atoms with Crippen molar-refractivity contribution in [3.05, 3.63) is 36.7 Å². The van der Waals surface area contributed by atoms with E-state index in [9.17, 15) is 13.2 Å². The number of nitrogens with two attached hydrogens (primary N) is 1. The third-order valence-corrected chi connectivity index (χ3v) is 6.37. The van der Waals surface area contributed by atoms with Gasteiger partial charge in [-0.1, -0.05) is 12.1 Å². The lowest BCUT2D eigenvalue weighted by Gasteiger charge is -2.23. The molecule has 1 aliphatic heterocycles. The van der Waals surface area contributed by atoms with Crippen molar-refractivity contribution >= 4 is 26.7 Å². The maximum atomic E-state index is 13.1. The van der Waals surface area contributed by atoms with E-state index < -0.39 is 16.1 Å². The van der Waals surface area contributed by atoms with E-state index in [1.807, 2.05) is 6.07 Å². The largest absolute Gasteiger partial charge is 0.340 e. The highest BCUT2D eigenvalue weighted by molar-refractivity contribution is 7.89. The highest BCUT2D eigenvalue weighted by Gasteiger charge is 2.29. The van der Waals surface area contributed by atoms with Crippen LogP contribution in [-0.2, 0) is 14.8 Å². The summed E-state index contributed by atoms with van der Waals surface area (Å²) in [7, 11) is -3.65. The molecule has 0 spiro atoms. The fourth-order valence-corrected chi connectivity index (χ4v) is 4.78. The van der Waals surface area contributed by atoms with Gasteiger partial charge in [0.25, 0.3) is 0 Å². The molecule has 0 saturated carbocycles. The molecule has 8 heteroatoms. The second-order valence-corrected chi connectivity index (χ2v) is 8.13. The molecule has 3 rings (SSSR count). The van der Waals surface area contributed by atoms with Crippen molar-refractivity contribution in [3.63, 3.8) is 0 Å². The first kappa shape index (κ1) is 17.8. The number of carbonyl (C=O) groups is 1. The van der Waals surface area contributed by atoms with Gasteiger partial charge >= 0.3 is 0 Å². The van der Waals surface area contributed by atoms with Crippen LogP contribution in [0.25, 0.3) is 10.8 Å². The predicted molar refractivity (Wildman–Crippen MR) is 95.3 cm³/mol. The van der Waals surface area contributed by atoms with E-state index in [-0.39, 0.29) is 17.3 Å². The van der Waals surface area contributed by atoms with Gasteiger partial charge in [-0.25, -0.2) is 8.42 Å². The molecule has 25 heavy (non-hydrogen) atoms. The normalized spacial score (nSPS) is 18.1. The van der Waals surface area contributed by atoms with Gasteiger partial charge in [0, 0.05) is 49.3 Å². The lowest BCUT2D eigenvalue weighted by molar-refractivity contribution is -0.132. The lowest BCUT2D eigenvalue weighted by Crippen LogP contribution is -2.44. The molecule has 1 saturated heterocycles. The Morgan fingerprint density at radius 3 is 2.76 bits per heavy atom. The van der Waals surface area contributed by atoms with Gasteiger partial charge in [0.15, 0.2) is 0 Å². The fourth-order valence-electron chi connectivity index (χ4n) is 3.10. The summed E-state index contributed by atoms with van der Waals surface area (Å²) >= 11 is 0. The SMILES string of the molecule is C[C@@H](N)C(=O)N1CCCN(S(=O)(=O)c2cccc3cnccc23)CC1. The zero-order valence-electron chi connectivity index (χ0n) is 14.1. The molecule has 1 atom stereocenters. The number of nitrogens with zero attached hydrogens (tertiary/aromatic N) is 3. The van der Waals surface area contributed by atoms with Crippen molar-refractivity contribution in [2.45, 2.75) is 24.3 Å². The summed E-state index contributed by atoms with van der Waals surface area (Å²) in [6, 6.07) is 6.32. The highest BCUT2D eigenvalue weighted by atomic mass is 32.2. The first-order valence-electron chi connectivity index (χ1n) is 8.28. The van der Waals surface area contributed by atoms with Crippen molar-refractivity contribution in [1.29, 1.82) is 0 Å². The van der Waals surface area contributed by atoms with Crippen molar-refractivity contribution in [1.82, 2.24) is 14.2 Å². The Kier molecular flexibility index (Phi) is 5.03. The maximum absolute atomic E-state index is 13.1. The van der Waals surface area contributed by atoms with E-state index >= 15 is 0 Å². The summed E-state index contributed by atoms with van der Waals surface area (Å²) in [4.78, 5) is 18.0. The van der Waals surface area contributed by atoms with Crippen LogP contribution in [0.1, 0.15) is 13.3 Å². The van der Waals surface area contributed by atoms with Crippen molar-refractivity contribution in [2.75, 3.05) is 26.2 Å². The minimum absolute atomic E-state index is 0.143. The molecule has 1 amide bonds. The van der Waals surface area contributed by atoms with Crippen molar-refractivity contribution in [3.8, 4) is 0 Å². The standard InChI is InChI=1S/C17H22N4O3S/c1-13(18)17(22)20-8-3-9-21(11-10-20)25(23,24)16-5-2-4-14-12-19-7-6-15(14)16/h2,4-7,12-13H,3,8-11,18H2,1H3/t13-/m1/s1. The third-order valence-electron chi connectivity index (χ3n) is 4.41. The van der Waals surface area contributed by atoms with Crippen LogP contribution in [-0.4, -0.2) is 60.7 Å². The molecular formula is C17H22N4O3S. The van der Waals surface area contributed by atoms with Gasteiger partial charge in [-0.3, -0.25) is 9.78 Å². The Balaban J connectivity index is 1.89. The second-order valence-electron chi connectivity index (χ2n) is 6.22. The summed E-state index contributed by atoms with van der Waals surface area (Å²) < 4.78 is 27.7. The number of amides is 1. The molecule has 0 radical (unpaired) electrons. The van der Waals surface area contributed by atoms with Crippen molar-refractivity contribution in [2.24, 2.45) is 5.73 Å². The van der Waals surface area contributed by atoms with Crippen LogP contribution in [0.4, 0.5) is 0 Å². The van der Waals surface area contributed by atoms with Gasteiger partial charge in [0.05, 0.1) is 10.9 Å². The fraction of sp³-hybridized carbons (Fsp3) is 0.412. The smallest absolute Gasteiger partial charge is 0.243 e. The van der Waals surface area contributed by atoms with Gasteiger partial charge in [-0.2, -0.15) is 4.31 Å². The first-order chi connectivity index (χ1) is 11.9. The monoisotopic (exact) mass is 362 g/mol. The number of benzene rings is 1. The average molecular weight is 362 g/mol. The number of sulfonamides is 1. The Bertz CT molecular complexity index is 877. The van der Waals surface area contributed by atoms with Gasteiger partial charge in [0.2, 0.25) is 15.9 Å². The highest BCUT2D eigenvalue weighted by Crippen LogP contribution is 2.25. The van der Waals surface area contributed by atoms with Gasteiger partial charge in [-0.15, -0.1) is 0 Å². The molecule has 134 valence electrons. The number of hydrogen-bond donors (Lipinski definition) is 1. The molecular weight excluding hydrogens is 340 g/mol. The van der Waals surface area contributed by atoms with Crippen LogP contribution in [0, 0.1) is 0 Å². The third kappa shape index (κ3) is 3.51. The topological polar surface area (TPSA) is 96.6 Å². The number of carbonyl (C=O) groups excluding carboxylic acids is 1. The molecule has 0 unspecified atom stereocenters. The van der Waals surface area contributed by atoms with E-state index in [0.717, 1.165) is 5.39 Å². The summed E-state index contributed by atoms with van der Waals surface area (Å²) in [5.74, 6) is -0.143. The van der Waals surface area contributed by atoms with Gasteiger partial charge < -0.3 is 10.6 Å². The lowest BCUT2D eigenvalue weighted by atomic mass is 10.2. The van der Waals surface area contributed by atoms with E-state index in [2.05, 4.69) is 4.98 Å². The van der Waals surface area contributed by atoms with Crippen LogP contribution in [0.2, 0.25) is 0 Å². The Hall–Kier alpha value is -2.03. The average Bonchev–Trinajstić information content (AvgIpc) is 2.87. The van der Waals surface area contributed by atoms with E-state index in [0.29, 0.717) is 31.4 Å². The van der Waals surface area contributed by atoms with E-state index in [1.54, 1.807) is 42.4 Å².